The molecule has 0 saturated carbocycles. The molecule has 0 atom stereocenters. The van der Waals surface area contributed by atoms with Gasteiger partial charge in [-0.2, -0.15) is 10.2 Å². The van der Waals surface area contributed by atoms with E-state index in [0.29, 0.717) is 17.7 Å². The quantitative estimate of drug-likeness (QED) is 0.607. The summed E-state index contributed by atoms with van der Waals surface area (Å²) in [7, 11) is 0. The van der Waals surface area contributed by atoms with E-state index < -0.39 is 0 Å². The number of hydrogen-bond acceptors (Lipinski definition) is 4. The van der Waals surface area contributed by atoms with Crippen molar-refractivity contribution in [2.24, 2.45) is 0 Å². The summed E-state index contributed by atoms with van der Waals surface area (Å²) < 4.78 is 1.48. The third kappa shape index (κ3) is 2.65. The molecule has 0 amide bonds. The number of nitrogens with zero attached hydrogens (tertiary/aromatic N) is 3. The number of aromatic amines is 1. The minimum absolute atomic E-state index is 0.107. The fourth-order valence-electron chi connectivity index (χ4n) is 2.64. The molecule has 0 aliphatic rings. The molecular formula is C18H15N5O. The number of fused-ring (bicyclic) bond motifs is 1. The van der Waals surface area contributed by atoms with Gasteiger partial charge in [0.2, 0.25) is 0 Å². The van der Waals surface area contributed by atoms with E-state index in [2.05, 4.69) is 20.6 Å². The van der Waals surface area contributed by atoms with E-state index in [-0.39, 0.29) is 5.56 Å². The van der Waals surface area contributed by atoms with Crippen LogP contribution in [0.5, 0.6) is 0 Å². The third-order valence-corrected chi connectivity index (χ3v) is 3.80. The lowest BCUT2D eigenvalue weighted by Crippen LogP contribution is -2.24. The summed E-state index contributed by atoms with van der Waals surface area (Å²) in [5.41, 5.74) is 0.916. The molecule has 0 saturated heterocycles. The summed E-state index contributed by atoms with van der Waals surface area (Å²) in [4.78, 5) is 12.7. The molecule has 4 rings (SSSR count). The van der Waals surface area contributed by atoms with Crippen molar-refractivity contribution in [1.82, 2.24) is 20.0 Å². The van der Waals surface area contributed by atoms with Crippen LogP contribution in [0.15, 0.2) is 71.7 Å². The van der Waals surface area contributed by atoms with Crippen LogP contribution in [0.3, 0.4) is 0 Å². The first-order valence-corrected chi connectivity index (χ1v) is 7.61. The Bertz CT molecular complexity index is 1020. The highest BCUT2D eigenvalue weighted by molar-refractivity contribution is 5.92. The van der Waals surface area contributed by atoms with Gasteiger partial charge in [0.25, 0.3) is 5.56 Å². The van der Waals surface area contributed by atoms with E-state index in [9.17, 15) is 4.79 Å². The number of hydrogen-bond donors (Lipinski definition) is 2. The smallest absolute Gasteiger partial charge is 0.275 e. The van der Waals surface area contributed by atoms with E-state index in [0.717, 1.165) is 16.8 Å². The molecule has 118 valence electrons. The van der Waals surface area contributed by atoms with Gasteiger partial charge in [-0.1, -0.05) is 48.5 Å². The molecule has 6 nitrogen and oxygen atoms in total. The number of rotatable bonds is 4. The van der Waals surface area contributed by atoms with E-state index >= 15 is 0 Å². The van der Waals surface area contributed by atoms with Crippen molar-refractivity contribution < 1.29 is 0 Å². The van der Waals surface area contributed by atoms with Gasteiger partial charge >= 0.3 is 0 Å². The Morgan fingerprint density at radius 2 is 1.71 bits per heavy atom. The zero-order chi connectivity index (χ0) is 16.4. The molecule has 0 aliphatic carbocycles. The molecule has 0 spiro atoms. The van der Waals surface area contributed by atoms with Crippen molar-refractivity contribution in [3.05, 3.63) is 82.8 Å². The van der Waals surface area contributed by atoms with E-state index in [1.54, 1.807) is 6.20 Å². The van der Waals surface area contributed by atoms with Crippen molar-refractivity contribution in [1.29, 1.82) is 0 Å². The second-order valence-electron chi connectivity index (χ2n) is 5.44. The normalized spacial score (nSPS) is 10.8. The lowest BCUT2D eigenvalue weighted by atomic mass is 10.2. The molecular weight excluding hydrogens is 302 g/mol. The second kappa shape index (κ2) is 6.00. The Morgan fingerprint density at radius 1 is 0.958 bits per heavy atom. The molecule has 0 radical (unpaired) electrons. The van der Waals surface area contributed by atoms with Crippen LogP contribution in [0, 0.1) is 0 Å². The molecule has 0 aliphatic heterocycles. The van der Waals surface area contributed by atoms with Crippen LogP contribution in [0.2, 0.25) is 0 Å². The van der Waals surface area contributed by atoms with Crippen LogP contribution in [0.4, 0.5) is 11.6 Å². The summed E-state index contributed by atoms with van der Waals surface area (Å²) in [6.45, 7) is 0.419. The van der Waals surface area contributed by atoms with Gasteiger partial charge in [0.05, 0.1) is 18.1 Å². The van der Waals surface area contributed by atoms with Crippen LogP contribution in [0.1, 0.15) is 5.56 Å². The van der Waals surface area contributed by atoms with Gasteiger partial charge in [-0.15, -0.1) is 0 Å². The number of anilines is 2. The van der Waals surface area contributed by atoms with Gasteiger partial charge in [-0.25, -0.2) is 4.68 Å². The van der Waals surface area contributed by atoms with Crippen LogP contribution in [0.25, 0.3) is 10.8 Å². The summed E-state index contributed by atoms with van der Waals surface area (Å²) in [6.07, 6.45) is 1.66. The van der Waals surface area contributed by atoms with Crippen molar-refractivity contribution in [3.8, 4) is 0 Å². The Balaban J connectivity index is 1.85. The number of benzene rings is 2. The zero-order valence-electron chi connectivity index (χ0n) is 12.8. The average molecular weight is 317 g/mol. The molecule has 2 N–H and O–H groups in total. The Morgan fingerprint density at radius 3 is 2.46 bits per heavy atom. The molecule has 2 aromatic carbocycles. The maximum Gasteiger partial charge on any atom is 0.275 e. The topological polar surface area (TPSA) is 75.6 Å². The maximum absolute atomic E-state index is 12.7. The predicted octanol–water partition coefficient (Wildman–Crippen LogP) is 2.91. The Kier molecular flexibility index (Phi) is 3.55. The number of H-pyrrole nitrogens is 1. The molecule has 0 bridgehead atoms. The first kappa shape index (κ1) is 14.2. The molecule has 0 fully saturated rings. The zero-order valence-corrected chi connectivity index (χ0v) is 12.8. The van der Waals surface area contributed by atoms with Crippen molar-refractivity contribution in [2.75, 3.05) is 5.32 Å². The lowest BCUT2D eigenvalue weighted by Gasteiger charge is -2.11. The van der Waals surface area contributed by atoms with Crippen LogP contribution in [-0.2, 0) is 6.54 Å². The van der Waals surface area contributed by atoms with Gasteiger partial charge in [0.15, 0.2) is 5.82 Å². The molecule has 24 heavy (non-hydrogen) atoms. The second-order valence-corrected chi connectivity index (χ2v) is 5.44. The minimum Gasteiger partial charge on any atom is -0.323 e. The van der Waals surface area contributed by atoms with Gasteiger partial charge in [0, 0.05) is 11.5 Å². The fraction of sp³-hybridized carbons (Fsp3) is 0.0556. The van der Waals surface area contributed by atoms with Crippen molar-refractivity contribution in [2.45, 2.75) is 6.54 Å². The van der Waals surface area contributed by atoms with Crippen LogP contribution in [-0.4, -0.2) is 20.0 Å². The Hall–Kier alpha value is -3.41. The molecule has 2 aromatic heterocycles. The highest BCUT2D eigenvalue weighted by Gasteiger charge is 2.11. The van der Waals surface area contributed by atoms with Crippen LogP contribution >= 0.6 is 0 Å². The average Bonchev–Trinajstić information content (AvgIpc) is 3.13. The predicted molar refractivity (Wildman–Crippen MR) is 93.4 cm³/mol. The van der Waals surface area contributed by atoms with Crippen molar-refractivity contribution in [3.63, 3.8) is 0 Å². The van der Waals surface area contributed by atoms with Gasteiger partial charge in [-0.3, -0.25) is 9.89 Å². The summed E-state index contributed by atoms with van der Waals surface area (Å²) in [6, 6.07) is 19.1. The first-order chi connectivity index (χ1) is 11.8. The summed E-state index contributed by atoms with van der Waals surface area (Å²) in [5.74, 6) is 1.34. The minimum atomic E-state index is -0.107. The molecule has 2 heterocycles. The van der Waals surface area contributed by atoms with Gasteiger partial charge in [0.1, 0.15) is 5.82 Å². The van der Waals surface area contributed by atoms with Gasteiger partial charge < -0.3 is 5.32 Å². The highest BCUT2D eigenvalue weighted by Crippen LogP contribution is 2.21. The SMILES string of the molecule is O=c1c2ccccc2c(Nc2ccn[nH]2)nn1Cc1ccccc1. The standard InChI is InChI=1S/C18H15N5O/c24-18-15-9-5-4-8-14(15)17(20-16-10-11-19-21-16)22-23(18)12-13-6-2-1-3-7-13/h1-11H,12H2,(H2,19,20,21,22). The molecule has 6 heteroatoms. The Labute approximate surface area is 137 Å². The van der Waals surface area contributed by atoms with Crippen LogP contribution < -0.4 is 10.9 Å². The van der Waals surface area contributed by atoms with E-state index in [1.165, 1.54) is 4.68 Å². The highest BCUT2D eigenvalue weighted by atomic mass is 16.1. The summed E-state index contributed by atoms with van der Waals surface area (Å²) in [5, 5.41) is 15.9. The van der Waals surface area contributed by atoms with Crippen molar-refractivity contribution >= 4 is 22.4 Å². The summed E-state index contributed by atoms with van der Waals surface area (Å²) >= 11 is 0. The number of aromatic nitrogens is 4. The fourth-order valence-corrected chi connectivity index (χ4v) is 2.64. The number of nitrogens with one attached hydrogen (secondary N) is 2. The third-order valence-electron chi connectivity index (χ3n) is 3.80. The molecule has 0 unspecified atom stereocenters. The van der Waals surface area contributed by atoms with E-state index in [4.69, 9.17) is 0 Å². The van der Waals surface area contributed by atoms with Gasteiger partial charge in [-0.05, 0) is 11.6 Å². The maximum atomic E-state index is 12.7. The first-order valence-electron chi connectivity index (χ1n) is 7.61. The lowest BCUT2D eigenvalue weighted by molar-refractivity contribution is 0.651. The molecule has 4 aromatic rings. The monoisotopic (exact) mass is 317 g/mol. The van der Waals surface area contributed by atoms with E-state index in [1.807, 2.05) is 60.7 Å². The largest absolute Gasteiger partial charge is 0.323 e.